The molecule has 3 N–H and O–H groups in total. The van der Waals surface area contributed by atoms with E-state index in [1.54, 1.807) is 11.8 Å². The van der Waals surface area contributed by atoms with Crippen molar-refractivity contribution in [2.75, 3.05) is 5.43 Å². The topological polar surface area (TPSA) is 63.8 Å². The van der Waals surface area contributed by atoms with E-state index in [-0.39, 0.29) is 0 Å². The van der Waals surface area contributed by atoms with Gasteiger partial charge >= 0.3 is 0 Å². The van der Waals surface area contributed by atoms with E-state index in [0.717, 1.165) is 5.03 Å². The largest absolute Gasteiger partial charge is 0.308 e. The van der Waals surface area contributed by atoms with Crippen LogP contribution in [0.2, 0.25) is 0 Å². The van der Waals surface area contributed by atoms with Gasteiger partial charge in [0.2, 0.25) is 0 Å². The van der Waals surface area contributed by atoms with Crippen LogP contribution >= 0.6 is 11.8 Å². The zero-order chi connectivity index (χ0) is 11.4. The number of hydrogen-bond acceptors (Lipinski definition) is 5. The fourth-order valence-corrected chi connectivity index (χ4v) is 2.13. The highest BCUT2D eigenvalue weighted by atomic mass is 32.2. The molecule has 0 radical (unpaired) electrons. The van der Waals surface area contributed by atoms with E-state index >= 15 is 0 Å². The average molecular weight is 232 g/mol. The number of hydrogen-bond donors (Lipinski definition) is 2. The third kappa shape index (κ3) is 2.50. The van der Waals surface area contributed by atoms with Gasteiger partial charge in [-0.05, 0) is 18.6 Å². The number of benzene rings is 1. The van der Waals surface area contributed by atoms with Crippen molar-refractivity contribution >= 4 is 17.6 Å². The van der Waals surface area contributed by atoms with Gasteiger partial charge < -0.3 is 5.43 Å². The third-order valence-corrected chi connectivity index (χ3v) is 3.21. The van der Waals surface area contributed by atoms with Crippen molar-refractivity contribution in [3.8, 4) is 0 Å². The molecular formula is C11H12N4S. The van der Waals surface area contributed by atoms with Gasteiger partial charge in [0.1, 0.15) is 17.2 Å². The predicted octanol–water partition coefficient (Wildman–Crippen LogP) is 2.22. The lowest BCUT2D eigenvalue weighted by atomic mass is 10.2. The number of nitrogens with zero attached hydrogens (tertiary/aromatic N) is 2. The van der Waals surface area contributed by atoms with Gasteiger partial charge in [-0.25, -0.2) is 15.8 Å². The second-order valence-electron chi connectivity index (χ2n) is 3.25. The first-order valence-electron chi connectivity index (χ1n) is 4.82. The first-order valence-corrected chi connectivity index (χ1v) is 5.63. The highest BCUT2D eigenvalue weighted by Crippen LogP contribution is 2.28. The number of nitrogens with one attached hydrogen (secondary N) is 1. The molecule has 0 bridgehead atoms. The van der Waals surface area contributed by atoms with Gasteiger partial charge in [0.05, 0.1) is 0 Å². The second-order valence-corrected chi connectivity index (χ2v) is 4.32. The Bertz CT molecular complexity index is 487. The molecule has 0 saturated heterocycles. The third-order valence-electron chi connectivity index (χ3n) is 2.10. The molecular weight excluding hydrogens is 220 g/mol. The van der Waals surface area contributed by atoms with Crippen molar-refractivity contribution < 1.29 is 0 Å². The van der Waals surface area contributed by atoms with Crippen LogP contribution in [0.5, 0.6) is 0 Å². The molecule has 0 atom stereocenters. The lowest BCUT2D eigenvalue weighted by Gasteiger charge is -2.05. The Morgan fingerprint density at radius 3 is 2.81 bits per heavy atom. The molecule has 2 aromatic rings. The summed E-state index contributed by atoms with van der Waals surface area (Å²) in [5, 5.41) is 0.872. The summed E-state index contributed by atoms with van der Waals surface area (Å²) in [5.74, 6) is 5.91. The molecule has 0 aliphatic heterocycles. The summed E-state index contributed by atoms with van der Waals surface area (Å²) < 4.78 is 0. The van der Waals surface area contributed by atoms with Crippen molar-refractivity contribution in [3.05, 3.63) is 42.2 Å². The van der Waals surface area contributed by atoms with Crippen LogP contribution in [0.15, 0.2) is 46.6 Å². The Balaban J connectivity index is 2.24. The van der Waals surface area contributed by atoms with Crippen molar-refractivity contribution in [3.63, 3.8) is 0 Å². The molecule has 0 spiro atoms. The maximum absolute atomic E-state index is 5.29. The minimum absolute atomic E-state index is 0.617. The Morgan fingerprint density at radius 1 is 1.25 bits per heavy atom. The Hall–Kier alpha value is -1.59. The van der Waals surface area contributed by atoms with Crippen LogP contribution < -0.4 is 11.3 Å². The molecule has 1 heterocycles. The molecule has 16 heavy (non-hydrogen) atoms. The van der Waals surface area contributed by atoms with E-state index in [1.165, 1.54) is 16.8 Å². The minimum Gasteiger partial charge on any atom is -0.308 e. The lowest BCUT2D eigenvalue weighted by Crippen LogP contribution is -2.08. The van der Waals surface area contributed by atoms with Gasteiger partial charge in [0, 0.05) is 11.0 Å². The number of nitrogens with two attached hydrogens (primary N) is 1. The van der Waals surface area contributed by atoms with Gasteiger partial charge in [-0.1, -0.05) is 30.0 Å². The molecule has 82 valence electrons. The van der Waals surface area contributed by atoms with Gasteiger partial charge in [-0.15, -0.1) is 0 Å². The zero-order valence-corrected chi connectivity index (χ0v) is 9.66. The van der Waals surface area contributed by atoms with E-state index in [4.69, 9.17) is 5.84 Å². The molecule has 1 aromatic heterocycles. The zero-order valence-electron chi connectivity index (χ0n) is 8.84. The first kappa shape index (κ1) is 10.9. The highest BCUT2D eigenvalue weighted by molar-refractivity contribution is 7.99. The maximum atomic E-state index is 5.29. The maximum Gasteiger partial charge on any atom is 0.144 e. The summed E-state index contributed by atoms with van der Waals surface area (Å²) in [6.07, 6.45) is 1.50. The van der Waals surface area contributed by atoms with Crippen LogP contribution in [0.1, 0.15) is 5.56 Å². The van der Waals surface area contributed by atoms with E-state index < -0.39 is 0 Å². The molecule has 0 amide bonds. The monoisotopic (exact) mass is 232 g/mol. The van der Waals surface area contributed by atoms with Crippen LogP contribution in [0, 0.1) is 6.92 Å². The molecule has 0 aliphatic carbocycles. The number of aromatic nitrogens is 2. The highest BCUT2D eigenvalue weighted by Gasteiger charge is 2.02. The van der Waals surface area contributed by atoms with E-state index in [1.807, 2.05) is 18.2 Å². The van der Waals surface area contributed by atoms with Crippen LogP contribution in [-0.4, -0.2) is 9.97 Å². The Morgan fingerprint density at radius 2 is 2.06 bits per heavy atom. The van der Waals surface area contributed by atoms with Crippen LogP contribution in [0.4, 0.5) is 5.82 Å². The number of rotatable bonds is 3. The van der Waals surface area contributed by atoms with Gasteiger partial charge in [-0.3, -0.25) is 0 Å². The summed E-state index contributed by atoms with van der Waals surface area (Å²) in [6.45, 7) is 2.08. The van der Waals surface area contributed by atoms with Crippen molar-refractivity contribution in [1.29, 1.82) is 0 Å². The summed E-state index contributed by atoms with van der Waals surface area (Å²) in [7, 11) is 0. The fourth-order valence-electron chi connectivity index (χ4n) is 1.26. The van der Waals surface area contributed by atoms with Gasteiger partial charge in [-0.2, -0.15) is 0 Å². The normalized spacial score (nSPS) is 10.1. The lowest BCUT2D eigenvalue weighted by molar-refractivity contribution is 1.04. The van der Waals surface area contributed by atoms with Crippen molar-refractivity contribution in [2.24, 2.45) is 5.84 Å². The van der Waals surface area contributed by atoms with E-state index in [0.29, 0.717) is 5.82 Å². The first-order chi connectivity index (χ1) is 7.79. The predicted molar refractivity (Wildman–Crippen MR) is 65.1 cm³/mol. The van der Waals surface area contributed by atoms with Crippen molar-refractivity contribution in [2.45, 2.75) is 16.8 Å². The fraction of sp³-hybridized carbons (Fsp3) is 0.0909. The van der Waals surface area contributed by atoms with Crippen molar-refractivity contribution in [1.82, 2.24) is 9.97 Å². The Labute approximate surface area is 98.3 Å². The van der Waals surface area contributed by atoms with E-state index in [9.17, 15) is 0 Å². The smallest absolute Gasteiger partial charge is 0.144 e. The number of aryl methyl sites for hydroxylation is 1. The number of hydrazine groups is 1. The van der Waals surface area contributed by atoms with Gasteiger partial charge in [0.25, 0.3) is 0 Å². The molecule has 4 nitrogen and oxygen atoms in total. The average Bonchev–Trinajstić information content (AvgIpc) is 2.32. The molecule has 2 rings (SSSR count). The molecule has 0 fully saturated rings. The molecule has 5 heteroatoms. The summed E-state index contributed by atoms with van der Waals surface area (Å²) in [5.41, 5.74) is 3.73. The van der Waals surface area contributed by atoms with Gasteiger partial charge in [0.15, 0.2) is 0 Å². The summed E-state index contributed by atoms with van der Waals surface area (Å²) in [6, 6.07) is 9.99. The van der Waals surface area contributed by atoms with E-state index in [2.05, 4.69) is 34.5 Å². The summed E-state index contributed by atoms with van der Waals surface area (Å²) >= 11 is 1.60. The summed E-state index contributed by atoms with van der Waals surface area (Å²) in [4.78, 5) is 9.33. The molecule has 1 aromatic carbocycles. The van der Waals surface area contributed by atoms with Crippen LogP contribution in [-0.2, 0) is 0 Å². The van der Waals surface area contributed by atoms with Crippen LogP contribution in [0.3, 0.4) is 0 Å². The Kier molecular flexibility index (Phi) is 3.38. The minimum atomic E-state index is 0.617. The SMILES string of the molecule is Cc1ccccc1Sc1cc(NN)ncn1. The standard InChI is InChI=1S/C11H12N4S/c1-8-4-2-3-5-9(8)16-11-6-10(15-12)13-7-14-11/h2-7H,12H2,1H3,(H,13,14,15). The molecule has 0 saturated carbocycles. The number of anilines is 1. The molecule has 0 unspecified atom stereocenters. The second kappa shape index (κ2) is 4.96. The number of nitrogen functional groups attached to an aromatic ring is 1. The van der Waals surface area contributed by atoms with Crippen LogP contribution in [0.25, 0.3) is 0 Å². The molecule has 0 aliphatic rings. The quantitative estimate of drug-likeness (QED) is 0.482.